The van der Waals surface area contributed by atoms with Crippen molar-refractivity contribution in [3.8, 4) is 6.07 Å². The number of hydrogen-bond donors (Lipinski definition) is 0. The third-order valence-electron chi connectivity index (χ3n) is 3.11. The second-order valence-electron chi connectivity index (χ2n) is 4.94. The summed E-state index contributed by atoms with van der Waals surface area (Å²) in [7, 11) is 0. The molecule has 1 aromatic rings. The Hall–Kier alpha value is -1.55. The van der Waals surface area contributed by atoms with Gasteiger partial charge in [-0.3, -0.25) is 0 Å². The molecule has 0 spiro atoms. The molecule has 0 aliphatic carbocycles. The maximum Gasteiger partial charge on any atom is 0.0991 e. The van der Waals surface area contributed by atoms with Gasteiger partial charge in [-0.2, -0.15) is 5.26 Å². The van der Waals surface area contributed by atoms with Crippen molar-refractivity contribution in [1.82, 2.24) is 0 Å². The molecule has 0 radical (unpaired) electrons. The van der Waals surface area contributed by atoms with Gasteiger partial charge in [0.05, 0.1) is 11.6 Å². The maximum atomic E-state index is 8.96. The van der Waals surface area contributed by atoms with Crippen molar-refractivity contribution in [3.05, 3.63) is 41.0 Å². The fourth-order valence-electron chi connectivity index (χ4n) is 2.30. The summed E-state index contributed by atoms with van der Waals surface area (Å²) in [5.74, 6) is 0.672. The third kappa shape index (κ3) is 4.75. The van der Waals surface area contributed by atoms with Gasteiger partial charge in [-0.1, -0.05) is 44.9 Å². The lowest BCUT2D eigenvalue weighted by atomic mass is 9.96. The van der Waals surface area contributed by atoms with Crippen molar-refractivity contribution in [2.45, 2.75) is 46.5 Å². The van der Waals surface area contributed by atoms with Crippen molar-refractivity contribution in [2.24, 2.45) is 5.92 Å². The van der Waals surface area contributed by atoms with Crippen LogP contribution in [0, 0.1) is 24.2 Å². The highest BCUT2D eigenvalue weighted by Crippen LogP contribution is 2.18. The van der Waals surface area contributed by atoms with E-state index >= 15 is 0 Å². The van der Waals surface area contributed by atoms with Crippen LogP contribution in [0.2, 0.25) is 0 Å². The molecule has 0 N–H and O–H groups in total. The summed E-state index contributed by atoms with van der Waals surface area (Å²) in [5, 5.41) is 8.96. The van der Waals surface area contributed by atoms with Crippen LogP contribution in [0.25, 0.3) is 6.08 Å². The Bertz CT molecular complexity index is 431. The number of allylic oxidation sites excluding steroid dienone is 1. The number of aryl methyl sites for hydroxylation is 1. The van der Waals surface area contributed by atoms with Crippen molar-refractivity contribution < 1.29 is 0 Å². The van der Waals surface area contributed by atoms with E-state index in [1.165, 1.54) is 25.7 Å². The molecule has 0 aliphatic heterocycles. The molecular weight excluding hydrogens is 218 g/mol. The number of rotatable bonds is 6. The molecular formula is C17H23N. The van der Waals surface area contributed by atoms with Crippen LogP contribution < -0.4 is 0 Å². The molecule has 1 nitrogen and oxygen atoms in total. The van der Waals surface area contributed by atoms with Crippen molar-refractivity contribution >= 4 is 6.08 Å². The van der Waals surface area contributed by atoms with Crippen LogP contribution in [0.15, 0.2) is 24.3 Å². The third-order valence-corrected chi connectivity index (χ3v) is 3.11. The van der Waals surface area contributed by atoms with Crippen LogP contribution in [0.4, 0.5) is 0 Å². The van der Waals surface area contributed by atoms with E-state index in [1.54, 1.807) is 0 Å². The van der Waals surface area contributed by atoms with Gasteiger partial charge in [0.15, 0.2) is 0 Å². The zero-order valence-electron chi connectivity index (χ0n) is 11.7. The van der Waals surface area contributed by atoms with Gasteiger partial charge in [-0.15, -0.1) is 0 Å². The monoisotopic (exact) mass is 241 g/mol. The minimum atomic E-state index is 0.672. The van der Waals surface area contributed by atoms with Crippen LogP contribution in [0.3, 0.4) is 0 Å². The quantitative estimate of drug-likeness (QED) is 0.680. The van der Waals surface area contributed by atoms with Crippen LogP contribution in [-0.2, 0) is 0 Å². The Kier molecular flexibility index (Phi) is 6.22. The SMILES string of the molecule is CCCC(/C=C/c1cc(C)cc(C#N)c1)CCC. The summed E-state index contributed by atoms with van der Waals surface area (Å²) in [6, 6.07) is 8.22. The summed E-state index contributed by atoms with van der Waals surface area (Å²) in [6.45, 7) is 6.50. The summed E-state index contributed by atoms with van der Waals surface area (Å²) in [6.07, 6.45) is 9.44. The average Bonchev–Trinajstić information content (AvgIpc) is 2.36. The van der Waals surface area contributed by atoms with Gasteiger partial charge >= 0.3 is 0 Å². The fraction of sp³-hybridized carbons (Fsp3) is 0.471. The maximum absolute atomic E-state index is 8.96. The van der Waals surface area contributed by atoms with Gasteiger partial charge in [0.2, 0.25) is 0 Å². The van der Waals surface area contributed by atoms with Gasteiger partial charge < -0.3 is 0 Å². The lowest BCUT2D eigenvalue weighted by molar-refractivity contribution is 0.531. The first-order valence-corrected chi connectivity index (χ1v) is 6.89. The highest BCUT2D eigenvalue weighted by molar-refractivity contribution is 5.54. The lowest BCUT2D eigenvalue weighted by Crippen LogP contribution is -1.94. The van der Waals surface area contributed by atoms with E-state index in [9.17, 15) is 0 Å². The summed E-state index contributed by atoms with van der Waals surface area (Å²) in [4.78, 5) is 0. The van der Waals surface area contributed by atoms with Gasteiger partial charge in [-0.25, -0.2) is 0 Å². The highest BCUT2D eigenvalue weighted by Gasteiger charge is 2.02. The zero-order chi connectivity index (χ0) is 13.4. The molecule has 0 atom stereocenters. The standard InChI is InChI=1S/C17H23N/c1-4-6-15(7-5-2)8-9-16-10-14(3)11-17(12-16)13-18/h8-12,15H,4-7H2,1-3H3/b9-8+. The minimum absolute atomic E-state index is 0.672. The molecule has 1 rings (SSSR count). The molecule has 0 heterocycles. The summed E-state index contributed by atoms with van der Waals surface area (Å²) in [5.41, 5.74) is 3.04. The second-order valence-corrected chi connectivity index (χ2v) is 4.94. The largest absolute Gasteiger partial charge is 0.192 e. The zero-order valence-corrected chi connectivity index (χ0v) is 11.7. The Labute approximate surface area is 111 Å². The normalized spacial score (nSPS) is 11.1. The second kappa shape index (κ2) is 7.71. The summed E-state index contributed by atoms with van der Waals surface area (Å²) >= 11 is 0. The molecule has 0 aromatic heterocycles. The predicted octanol–water partition coefficient (Wildman–Crippen LogP) is 5.10. The highest BCUT2D eigenvalue weighted by atomic mass is 14.2. The summed E-state index contributed by atoms with van der Waals surface area (Å²) < 4.78 is 0. The molecule has 0 saturated heterocycles. The molecule has 0 aliphatic rings. The van der Waals surface area contributed by atoms with E-state index in [2.05, 4.69) is 38.1 Å². The van der Waals surface area contributed by atoms with Crippen LogP contribution in [0.5, 0.6) is 0 Å². The van der Waals surface area contributed by atoms with Crippen molar-refractivity contribution in [1.29, 1.82) is 5.26 Å². The van der Waals surface area contributed by atoms with Crippen LogP contribution in [0.1, 0.15) is 56.2 Å². The molecule has 18 heavy (non-hydrogen) atoms. The van der Waals surface area contributed by atoms with E-state index in [0.29, 0.717) is 5.92 Å². The number of hydrogen-bond acceptors (Lipinski definition) is 1. The van der Waals surface area contributed by atoms with Gasteiger partial charge in [0.1, 0.15) is 0 Å². The Morgan fingerprint density at radius 1 is 1.17 bits per heavy atom. The molecule has 0 bridgehead atoms. The number of benzene rings is 1. The molecule has 1 heteroatoms. The molecule has 0 amide bonds. The topological polar surface area (TPSA) is 23.8 Å². The first kappa shape index (κ1) is 14.5. The van der Waals surface area contributed by atoms with Gasteiger partial charge in [-0.05, 0) is 48.9 Å². The predicted molar refractivity (Wildman–Crippen MR) is 78.2 cm³/mol. The molecule has 0 fully saturated rings. The Morgan fingerprint density at radius 3 is 2.39 bits per heavy atom. The number of nitrogens with zero attached hydrogens (tertiary/aromatic N) is 1. The first-order valence-electron chi connectivity index (χ1n) is 6.89. The molecule has 1 aromatic carbocycles. The van der Waals surface area contributed by atoms with Crippen molar-refractivity contribution in [3.63, 3.8) is 0 Å². The minimum Gasteiger partial charge on any atom is -0.192 e. The van der Waals surface area contributed by atoms with Crippen LogP contribution >= 0.6 is 0 Å². The lowest BCUT2D eigenvalue weighted by Gasteiger charge is -2.09. The van der Waals surface area contributed by atoms with E-state index < -0.39 is 0 Å². The van der Waals surface area contributed by atoms with E-state index in [-0.39, 0.29) is 0 Å². The van der Waals surface area contributed by atoms with E-state index in [0.717, 1.165) is 16.7 Å². The van der Waals surface area contributed by atoms with Gasteiger partial charge in [0, 0.05) is 0 Å². The first-order chi connectivity index (χ1) is 8.69. The Balaban J connectivity index is 2.81. The van der Waals surface area contributed by atoms with E-state index in [4.69, 9.17) is 5.26 Å². The van der Waals surface area contributed by atoms with E-state index in [1.807, 2.05) is 19.1 Å². The fourth-order valence-corrected chi connectivity index (χ4v) is 2.30. The molecule has 0 saturated carbocycles. The van der Waals surface area contributed by atoms with Crippen molar-refractivity contribution in [2.75, 3.05) is 0 Å². The molecule has 0 unspecified atom stereocenters. The molecule has 96 valence electrons. The average molecular weight is 241 g/mol. The van der Waals surface area contributed by atoms with Gasteiger partial charge in [0.25, 0.3) is 0 Å². The number of nitriles is 1. The van der Waals surface area contributed by atoms with Crippen LogP contribution in [-0.4, -0.2) is 0 Å². The Morgan fingerprint density at radius 2 is 1.83 bits per heavy atom. The smallest absolute Gasteiger partial charge is 0.0991 e.